The molecule has 148 valence electrons. The van der Waals surface area contributed by atoms with Crippen LogP contribution in [0.25, 0.3) is 11.0 Å². The van der Waals surface area contributed by atoms with E-state index >= 15 is 0 Å². The first-order valence-electron chi connectivity index (χ1n) is 8.49. The summed E-state index contributed by atoms with van der Waals surface area (Å²) in [5.41, 5.74) is 1.87. The number of amides is 1. The molecule has 3 aromatic rings. The van der Waals surface area contributed by atoms with E-state index in [1.165, 1.54) is 25.3 Å². The lowest BCUT2D eigenvalue weighted by molar-refractivity contribution is 0.102. The van der Waals surface area contributed by atoms with Crippen molar-refractivity contribution in [3.63, 3.8) is 0 Å². The molecular weight excluding hydrogens is 382 g/mol. The Kier molecular flexibility index (Phi) is 5.09. The SMILES string of the molecule is COc1ccc(NC(=O)c2cc3cnn(C(C)C)c3nc2C)cc1S(N)(=O)=O. The lowest BCUT2D eigenvalue weighted by Crippen LogP contribution is -2.17. The Balaban J connectivity index is 1.96. The number of anilines is 1. The second-order valence-corrected chi connectivity index (χ2v) is 8.11. The number of nitrogens with one attached hydrogen (secondary N) is 1. The summed E-state index contributed by atoms with van der Waals surface area (Å²) in [4.78, 5) is 17.0. The van der Waals surface area contributed by atoms with Gasteiger partial charge < -0.3 is 10.1 Å². The van der Waals surface area contributed by atoms with E-state index in [0.717, 1.165) is 5.39 Å². The number of carbonyl (C=O) groups is 1. The van der Waals surface area contributed by atoms with Crippen molar-refractivity contribution in [2.75, 3.05) is 12.4 Å². The van der Waals surface area contributed by atoms with Gasteiger partial charge in [0.25, 0.3) is 5.91 Å². The van der Waals surface area contributed by atoms with E-state index < -0.39 is 15.9 Å². The molecule has 0 unspecified atom stereocenters. The van der Waals surface area contributed by atoms with Crippen LogP contribution in [0, 0.1) is 6.92 Å². The molecule has 10 heteroatoms. The Morgan fingerprint density at radius 2 is 2.00 bits per heavy atom. The first kappa shape index (κ1) is 19.8. The van der Waals surface area contributed by atoms with Crippen molar-refractivity contribution in [1.82, 2.24) is 14.8 Å². The number of nitrogens with zero attached hydrogens (tertiary/aromatic N) is 3. The molecular formula is C18H21N5O4S. The summed E-state index contributed by atoms with van der Waals surface area (Å²) in [7, 11) is -2.67. The van der Waals surface area contributed by atoms with Gasteiger partial charge in [0.1, 0.15) is 10.6 Å². The number of hydrogen-bond donors (Lipinski definition) is 2. The van der Waals surface area contributed by atoms with E-state index in [1.54, 1.807) is 23.9 Å². The second-order valence-electron chi connectivity index (χ2n) is 6.58. The van der Waals surface area contributed by atoms with Gasteiger partial charge in [-0.15, -0.1) is 0 Å². The predicted molar refractivity (Wildman–Crippen MR) is 105 cm³/mol. The minimum absolute atomic E-state index is 0.0980. The van der Waals surface area contributed by atoms with Crippen molar-refractivity contribution in [2.45, 2.75) is 31.7 Å². The van der Waals surface area contributed by atoms with Crippen LogP contribution in [0.3, 0.4) is 0 Å². The van der Waals surface area contributed by atoms with Gasteiger partial charge in [0.15, 0.2) is 5.65 Å². The van der Waals surface area contributed by atoms with Crippen LogP contribution in [0.1, 0.15) is 35.9 Å². The van der Waals surface area contributed by atoms with Crippen molar-refractivity contribution in [3.8, 4) is 5.75 Å². The standard InChI is InChI=1S/C18H21N5O4S/c1-10(2)23-17-12(9-20-23)7-14(11(3)21-17)18(24)22-13-5-6-15(27-4)16(8-13)28(19,25)26/h5-10H,1-4H3,(H,22,24)(H2,19,25,26). The lowest BCUT2D eigenvalue weighted by Gasteiger charge is -2.12. The highest BCUT2D eigenvalue weighted by molar-refractivity contribution is 7.89. The molecule has 9 nitrogen and oxygen atoms in total. The zero-order valence-corrected chi connectivity index (χ0v) is 16.7. The maximum atomic E-state index is 12.7. The van der Waals surface area contributed by atoms with Crippen LogP contribution in [0.15, 0.2) is 35.4 Å². The first-order valence-corrected chi connectivity index (χ1v) is 10.0. The molecule has 1 amide bonds. The molecule has 0 saturated carbocycles. The van der Waals surface area contributed by atoms with Gasteiger partial charge in [0.2, 0.25) is 10.0 Å². The molecule has 1 aromatic carbocycles. The smallest absolute Gasteiger partial charge is 0.257 e. The minimum atomic E-state index is -4.01. The Morgan fingerprint density at radius 3 is 2.61 bits per heavy atom. The van der Waals surface area contributed by atoms with E-state index in [4.69, 9.17) is 9.88 Å². The van der Waals surface area contributed by atoms with Crippen molar-refractivity contribution in [1.29, 1.82) is 0 Å². The molecule has 2 heterocycles. The molecule has 3 N–H and O–H groups in total. The molecule has 28 heavy (non-hydrogen) atoms. The third-order valence-corrected chi connectivity index (χ3v) is 5.15. The molecule has 0 aliphatic heterocycles. The van der Waals surface area contributed by atoms with Crippen LogP contribution >= 0.6 is 0 Å². The van der Waals surface area contributed by atoms with E-state index in [0.29, 0.717) is 16.9 Å². The molecule has 0 saturated heterocycles. The Labute approximate surface area is 162 Å². The van der Waals surface area contributed by atoms with Gasteiger partial charge in [-0.25, -0.2) is 23.2 Å². The third-order valence-electron chi connectivity index (χ3n) is 4.22. The van der Waals surface area contributed by atoms with Crippen molar-refractivity contribution < 1.29 is 17.9 Å². The molecule has 0 bridgehead atoms. The monoisotopic (exact) mass is 403 g/mol. The number of aromatic nitrogens is 3. The molecule has 0 atom stereocenters. The minimum Gasteiger partial charge on any atom is -0.495 e. The number of rotatable bonds is 5. The predicted octanol–water partition coefficient (Wildman–Crippen LogP) is 2.23. The van der Waals surface area contributed by atoms with Crippen LogP contribution in [0.2, 0.25) is 0 Å². The number of sulfonamides is 1. The average Bonchev–Trinajstić information content (AvgIpc) is 3.03. The van der Waals surface area contributed by atoms with Gasteiger partial charge in [0.05, 0.1) is 24.6 Å². The number of aryl methyl sites for hydroxylation is 1. The summed E-state index contributed by atoms with van der Waals surface area (Å²) >= 11 is 0. The van der Waals surface area contributed by atoms with Gasteiger partial charge in [-0.1, -0.05) is 0 Å². The summed E-state index contributed by atoms with van der Waals surface area (Å²) in [5.74, 6) is -0.324. The lowest BCUT2D eigenvalue weighted by atomic mass is 10.1. The summed E-state index contributed by atoms with van der Waals surface area (Å²) < 4.78 is 30.3. The van der Waals surface area contributed by atoms with E-state index in [2.05, 4.69) is 15.4 Å². The van der Waals surface area contributed by atoms with Gasteiger partial charge in [-0.05, 0) is 45.0 Å². The van der Waals surface area contributed by atoms with Gasteiger partial charge in [-0.3, -0.25) is 4.79 Å². The Morgan fingerprint density at radius 1 is 1.29 bits per heavy atom. The number of primary sulfonamides is 1. The molecule has 0 radical (unpaired) electrons. The topological polar surface area (TPSA) is 129 Å². The van der Waals surface area contributed by atoms with Crippen LogP contribution < -0.4 is 15.2 Å². The highest BCUT2D eigenvalue weighted by Crippen LogP contribution is 2.27. The van der Waals surface area contributed by atoms with Crippen LogP contribution in [-0.2, 0) is 10.0 Å². The first-order chi connectivity index (χ1) is 13.1. The number of ether oxygens (including phenoxy) is 1. The molecule has 2 aromatic heterocycles. The van der Waals surface area contributed by atoms with Crippen LogP contribution in [0.5, 0.6) is 5.75 Å². The summed E-state index contributed by atoms with van der Waals surface area (Å²) in [6.45, 7) is 5.73. The average molecular weight is 403 g/mol. The highest BCUT2D eigenvalue weighted by Gasteiger charge is 2.19. The molecule has 0 aliphatic rings. The molecule has 0 aliphatic carbocycles. The Bertz CT molecular complexity index is 1170. The van der Waals surface area contributed by atoms with Crippen LogP contribution in [0.4, 0.5) is 5.69 Å². The number of fused-ring (bicyclic) bond motifs is 1. The van der Waals surface area contributed by atoms with Gasteiger partial charge >= 0.3 is 0 Å². The van der Waals surface area contributed by atoms with Crippen molar-refractivity contribution in [2.24, 2.45) is 5.14 Å². The summed E-state index contributed by atoms with van der Waals surface area (Å²) in [6, 6.07) is 6.06. The van der Waals surface area contributed by atoms with Crippen LogP contribution in [-0.4, -0.2) is 36.2 Å². The van der Waals surface area contributed by atoms with E-state index in [-0.39, 0.29) is 22.4 Å². The molecule has 0 fully saturated rings. The number of carbonyl (C=O) groups excluding carboxylic acids is 1. The third kappa shape index (κ3) is 3.69. The molecule has 3 rings (SSSR count). The second kappa shape index (κ2) is 7.21. The molecule has 0 spiro atoms. The van der Waals surface area contributed by atoms with Gasteiger partial charge in [-0.2, -0.15) is 5.10 Å². The number of benzene rings is 1. The normalized spacial score (nSPS) is 11.8. The summed E-state index contributed by atoms with van der Waals surface area (Å²) in [5, 5.41) is 12.9. The quantitative estimate of drug-likeness (QED) is 0.672. The fourth-order valence-electron chi connectivity index (χ4n) is 2.85. The van der Waals surface area contributed by atoms with Crippen molar-refractivity contribution in [3.05, 3.63) is 41.7 Å². The van der Waals surface area contributed by atoms with E-state index in [9.17, 15) is 13.2 Å². The Hall–Kier alpha value is -2.98. The maximum Gasteiger partial charge on any atom is 0.257 e. The zero-order chi connectivity index (χ0) is 20.6. The number of hydrogen-bond acceptors (Lipinski definition) is 6. The van der Waals surface area contributed by atoms with Crippen molar-refractivity contribution >= 4 is 32.7 Å². The zero-order valence-electron chi connectivity index (χ0n) is 15.9. The fourth-order valence-corrected chi connectivity index (χ4v) is 3.57. The highest BCUT2D eigenvalue weighted by atomic mass is 32.2. The fraction of sp³-hybridized carbons (Fsp3) is 0.278. The van der Waals surface area contributed by atoms with E-state index in [1.807, 2.05) is 13.8 Å². The largest absolute Gasteiger partial charge is 0.495 e. The number of pyridine rings is 1. The maximum absolute atomic E-state index is 12.7. The number of methoxy groups -OCH3 is 1. The van der Waals surface area contributed by atoms with Gasteiger partial charge in [0, 0.05) is 17.1 Å². The summed E-state index contributed by atoms with van der Waals surface area (Å²) in [6.07, 6.45) is 1.66. The number of nitrogens with two attached hydrogens (primary N) is 1.